The topological polar surface area (TPSA) is 40.2 Å². The van der Waals surface area contributed by atoms with E-state index in [-0.39, 0.29) is 0 Å². The third-order valence-corrected chi connectivity index (χ3v) is 3.50. The van der Waals surface area contributed by atoms with E-state index in [1.165, 1.54) is 23.0 Å². The minimum Gasteiger partial charge on any atom is -0.497 e. The standard InChI is InChI=1S/C13H16N2O/c1-16-12-5-2-9-6-10-3-4-11(8-14)15(10)13(9)7-12/h2,5-7,11H,3-4,8,14H2,1H3. The van der Waals surface area contributed by atoms with Crippen LogP contribution in [-0.2, 0) is 6.42 Å². The van der Waals surface area contributed by atoms with E-state index in [9.17, 15) is 0 Å². The van der Waals surface area contributed by atoms with Gasteiger partial charge in [-0.2, -0.15) is 0 Å². The molecule has 2 heterocycles. The summed E-state index contributed by atoms with van der Waals surface area (Å²) in [4.78, 5) is 0. The molecule has 0 spiro atoms. The van der Waals surface area contributed by atoms with E-state index in [4.69, 9.17) is 10.5 Å². The Balaban J connectivity index is 2.23. The number of aromatic nitrogens is 1. The number of hydrogen-bond acceptors (Lipinski definition) is 2. The van der Waals surface area contributed by atoms with Crippen LogP contribution in [0.15, 0.2) is 24.3 Å². The smallest absolute Gasteiger partial charge is 0.120 e. The van der Waals surface area contributed by atoms with Gasteiger partial charge in [0, 0.05) is 29.7 Å². The van der Waals surface area contributed by atoms with Crippen LogP contribution in [0.5, 0.6) is 5.75 Å². The Morgan fingerprint density at radius 1 is 1.44 bits per heavy atom. The second-order valence-corrected chi connectivity index (χ2v) is 4.36. The van der Waals surface area contributed by atoms with E-state index in [0.29, 0.717) is 12.6 Å². The van der Waals surface area contributed by atoms with Crippen LogP contribution in [0, 0.1) is 0 Å². The average molecular weight is 216 g/mol. The molecule has 0 bridgehead atoms. The maximum atomic E-state index is 5.82. The number of nitrogens with two attached hydrogens (primary N) is 1. The van der Waals surface area contributed by atoms with Crippen molar-refractivity contribution in [1.82, 2.24) is 4.57 Å². The first-order valence-electron chi connectivity index (χ1n) is 5.71. The lowest BCUT2D eigenvalue weighted by molar-refractivity contribution is 0.415. The first-order chi connectivity index (χ1) is 7.83. The summed E-state index contributed by atoms with van der Waals surface area (Å²) in [7, 11) is 1.70. The number of hydrogen-bond donors (Lipinski definition) is 1. The molecular weight excluding hydrogens is 200 g/mol. The number of ether oxygens (including phenoxy) is 1. The Bertz CT molecular complexity index is 530. The lowest BCUT2D eigenvalue weighted by atomic mass is 10.1. The van der Waals surface area contributed by atoms with E-state index < -0.39 is 0 Å². The van der Waals surface area contributed by atoms with Crippen LogP contribution < -0.4 is 10.5 Å². The van der Waals surface area contributed by atoms with Gasteiger partial charge in [0.15, 0.2) is 0 Å². The fourth-order valence-electron chi connectivity index (χ4n) is 2.68. The molecule has 0 fully saturated rings. The summed E-state index contributed by atoms with van der Waals surface area (Å²) in [6.45, 7) is 0.716. The van der Waals surface area contributed by atoms with Crippen LogP contribution in [0.4, 0.5) is 0 Å². The van der Waals surface area contributed by atoms with Gasteiger partial charge in [-0.25, -0.2) is 0 Å². The monoisotopic (exact) mass is 216 g/mol. The second kappa shape index (κ2) is 3.52. The second-order valence-electron chi connectivity index (χ2n) is 4.36. The van der Waals surface area contributed by atoms with Crippen molar-refractivity contribution in [3.63, 3.8) is 0 Å². The van der Waals surface area contributed by atoms with E-state index in [0.717, 1.165) is 12.2 Å². The summed E-state index contributed by atoms with van der Waals surface area (Å²) < 4.78 is 7.65. The minimum atomic E-state index is 0.458. The third-order valence-electron chi connectivity index (χ3n) is 3.50. The molecule has 1 aromatic heterocycles. The highest BCUT2D eigenvalue weighted by atomic mass is 16.5. The Labute approximate surface area is 94.8 Å². The first-order valence-corrected chi connectivity index (χ1v) is 5.71. The lowest BCUT2D eigenvalue weighted by Gasteiger charge is -2.12. The largest absolute Gasteiger partial charge is 0.497 e. The molecule has 3 nitrogen and oxygen atoms in total. The van der Waals surface area contributed by atoms with E-state index >= 15 is 0 Å². The van der Waals surface area contributed by atoms with Gasteiger partial charge in [-0.05, 0) is 31.0 Å². The van der Waals surface area contributed by atoms with E-state index in [1.54, 1.807) is 7.11 Å². The number of nitrogens with zero attached hydrogens (tertiary/aromatic N) is 1. The number of aryl methyl sites for hydroxylation is 1. The van der Waals surface area contributed by atoms with Crippen LogP contribution in [0.25, 0.3) is 10.9 Å². The van der Waals surface area contributed by atoms with Gasteiger partial charge in [0.05, 0.1) is 12.6 Å². The van der Waals surface area contributed by atoms with Gasteiger partial charge in [-0.15, -0.1) is 0 Å². The van der Waals surface area contributed by atoms with Crippen molar-refractivity contribution >= 4 is 10.9 Å². The van der Waals surface area contributed by atoms with Crippen LogP contribution in [0.1, 0.15) is 18.2 Å². The molecule has 84 valence electrons. The van der Waals surface area contributed by atoms with Crippen LogP contribution in [-0.4, -0.2) is 18.2 Å². The van der Waals surface area contributed by atoms with Gasteiger partial charge in [0.2, 0.25) is 0 Å². The van der Waals surface area contributed by atoms with Crippen molar-refractivity contribution in [2.45, 2.75) is 18.9 Å². The van der Waals surface area contributed by atoms with Crippen LogP contribution in [0.3, 0.4) is 0 Å². The van der Waals surface area contributed by atoms with Crippen molar-refractivity contribution in [3.05, 3.63) is 30.0 Å². The van der Waals surface area contributed by atoms with Crippen molar-refractivity contribution in [2.24, 2.45) is 5.73 Å². The molecule has 16 heavy (non-hydrogen) atoms. The van der Waals surface area contributed by atoms with E-state index in [2.05, 4.69) is 22.8 Å². The maximum Gasteiger partial charge on any atom is 0.120 e. The molecule has 3 heteroatoms. The Kier molecular flexibility index (Phi) is 2.14. The van der Waals surface area contributed by atoms with Crippen molar-refractivity contribution in [3.8, 4) is 5.75 Å². The quantitative estimate of drug-likeness (QED) is 0.835. The summed E-state index contributed by atoms with van der Waals surface area (Å²) in [5, 5.41) is 1.29. The average Bonchev–Trinajstić information content (AvgIpc) is 2.86. The lowest BCUT2D eigenvalue weighted by Crippen LogP contribution is -2.15. The molecular formula is C13H16N2O. The third kappa shape index (κ3) is 1.25. The molecule has 0 amide bonds. The molecule has 0 radical (unpaired) electrons. The fourth-order valence-corrected chi connectivity index (χ4v) is 2.68. The number of rotatable bonds is 2. The van der Waals surface area contributed by atoms with Gasteiger partial charge in [0.25, 0.3) is 0 Å². The van der Waals surface area contributed by atoms with Gasteiger partial charge >= 0.3 is 0 Å². The highest BCUT2D eigenvalue weighted by Crippen LogP contribution is 2.34. The zero-order chi connectivity index (χ0) is 11.1. The summed E-state index contributed by atoms with van der Waals surface area (Å²) in [6, 6.07) is 8.96. The molecule has 1 aromatic carbocycles. The SMILES string of the molecule is COc1ccc2cc3n(c2c1)C(CN)CC3. The number of benzene rings is 1. The molecule has 1 atom stereocenters. The fraction of sp³-hybridized carbons (Fsp3) is 0.385. The highest BCUT2D eigenvalue weighted by Gasteiger charge is 2.23. The highest BCUT2D eigenvalue weighted by molar-refractivity contribution is 5.83. The van der Waals surface area contributed by atoms with Crippen molar-refractivity contribution < 1.29 is 4.74 Å². The Morgan fingerprint density at radius 3 is 3.06 bits per heavy atom. The zero-order valence-corrected chi connectivity index (χ0v) is 9.44. The Morgan fingerprint density at radius 2 is 2.31 bits per heavy atom. The molecule has 2 aromatic rings. The van der Waals surface area contributed by atoms with Gasteiger partial charge in [-0.1, -0.05) is 0 Å². The molecule has 0 aliphatic carbocycles. The molecule has 0 saturated carbocycles. The molecule has 1 aliphatic heterocycles. The first kappa shape index (κ1) is 9.73. The van der Waals surface area contributed by atoms with Gasteiger partial charge in [-0.3, -0.25) is 0 Å². The van der Waals surface area contributed by atoms with Crippen molar-refractivity contribution in [2.75, 3.05) is 13.7 Å². The van der Waals surface area contributed by atoms with Gasteiger partial charge in [0.1, 0.15) is 5.75 Å². The zero-order valence-electron chi connectivity index (χ0n) is 9.44. The predicted molar refractivity (Wildman–Crippen MR) is 64.9 cm³/mol. The number of fused-ring (bicyclic) bond motifs is 3. The normalized spacial score (nSPS) is 19.0. The van der Waals surface area contributed by atoms with Gasteiger partial charge < -0.3 is 15.0 Å². The number of methoxy groups -OCH3 is 1. The molecule has 3 rings (SSSR count). The minimum absolute atomic E-state index is 0.458. The summed E-state index contributed by atoms with van der Waals surface area (Å²) in [6.07, 6.45) is 2.30. The summed E-state index contributed by atoms with van der Waals surface area (Å²) in [5.41, 5.74) is 8.47. The maximum absolute atomic E-state index is 5.82. The van der Waals surface area contributed by atoms with Crippen molar-refractivity contribution in [1.29, 1.82) is 0 Å². The molecule has 1 unspecified atom stereocenters. The molecule has 2 N–H and O–H groups in total. The molecule has 0 saturated heterocycles. The van der Waals surface area contributed by atoms with E-state index in [1.807, 2.05) is 6.07 Å². The van der Waals surface area contributed by atoms with Crippen LogP contribution >= 0.6 is 0 Å². The Hall–Kier alpha value is -1.48. The molecule has 1 aliphatic rings. The summed E-state index contributed by atoms with van der Waals surface area (Å²) >= 11 is 0. The predicted octanol–water partition coefficient (Wildman–Crippen LogP) is 2.10. The van der Waals surface area contributed by atoms with Crippen LogP contribution in [0.2, 0.25) is 0 Å². The summed E-state index contributed by atoms with van der Waals surface area (Å²) in [5.74, 6) is 0.913.